The molecule has 0 spiro atoms. The Balaban J connectivity index is 1.57. The van der Waals surface area contributed by atoms with Crippen molar-refractivity contribution < 1.29 is 4.39 Å². The van der Waals surface area contributed by atoms with E-state index in [2.05, 4.69) is 24.0 Å². The molecule has 0 radical (unpaired) electrons. The maximum Gasteiger partial charge on any atom is 0.134 e. The van der Waals surface area contributed by atoms with Gasteiger partial charge in [0.2, 0.25) is 0 Å². The van der Waals surface area contributed by atoms with Crippen molar-refractivity contribution in [3.8, 4) is 17.3 Å². The Kier molecular flexibility index (Phi) is 5.35. The minimum Gasteiger partial charge on any atom is -0.256 e. The topological polar surface area (TPSA) is 36.7 Å². The third-order valence-electron chi connectivity index (χ3n) is 5.33. The Hall–Kier alpha value is -3.51. The molecule has 0 aliphatic carbocycles. The summed E-state index contributed by atoms with van der Waals surface area (Å²) in [5.41, 5.74) is 5.53. The first-order valence-electron chi connectivity index (χ1n) is 9.83. The Labute approximate surface area is 170 Å². The van der Waals surface area contributed by atoms with Gasteiger partial charge in [-0.1, -0.05) is 49.4 Å². The summed E-state index contributed by atoms with van der Waals surface area (Å²) in [5, 5.41) is 10.4. The zero-order valence-corrected chi connectivity index (χ0v) is 16.3. The van der Waals surface area contributed by atoms with Gasteiger partial charge in [-0.15, -0.1) is 0 Å². The van der Waals surface area contributed by atoms with Gasteiger partial charge in [-0.25, -0.2) is 4.39 Å². The lowest BCUT2D eigenvalue weighted by atomic mass is 9.98. The van der Waals surface area contributed by atoms with E-state index in [0.29, 0.717) is 22.9 Å². The lowest BCUT2D eigenvalue weighted by molar-refractivity contribution is 0.620. The predicted octanol–water partition coefficient (Wildman–Crippen LogP) is 6.26. The second kappa shape index (κ2) is 8.24. The van der Waals surface area contributed by atoms with Crippen molar-refractivity contribution in [3.63, 3.8) is 0 Å². The lowest BCUT2D eigenvalue weighted by Gasteiger charge is -2.09. The molecule has 29 heavy (non-hydrogen) atoms. The maximum absolute atomic E-state index is 15.1. The summed E-state index contributed by atoms with van der Waals surface area (Å²) in [6.45, 7) is 2.11. The van der Waals surface area contributed by atoms with Gasteiger partial charge in [0.1, 0.15) is 5.82 Å². The van der Waals surface area contributed by atoms with E-state index < -0.39 is 0 Å². The maximum atomic E-state index is 15.1. The van der Waals surface area contributed by atoms with Crippen LogP contribution < -0.4 is 0 Å². The molecule has 0 bridgehead atoms. The molecule has 2 nitrogen and oxygen atoms in total. The SMILES string of the molecule is CCc1ccc(-c2ccc3c(F)c(CCc4ccc(C#N)cc4)ccc3c2)nc1. The highest BCUT2D eigenvalue weighted by Crippen LogP contribution is 2.27. The first-order valence-corrected chi connectivity index (χ1v) is 9.83. The van der Waals surface area contributed by atoms with Crippen LogP contribution in [0.25, 0.3) is 22.0 Å². The molecule has 0 aliphatic heterocycles. The number of aromatic nitrogens is 1. The van der Waals surface area contributed by atoms with Gasteiger partial charge >= 0.3 is 0 Å². The second-order valence-electron chi connectivity index (χ2n) is 7.19. The molecule has 0 saturated heterocycles. The molecule has 3 heteroatoms. The monoisotopic (exact) mass is 380 g/mol. The number of fused-ring (bicyclic) bond motifs is 1. The number of pyridine rings is 1. The normalized spacial score (nSPS) is 10.8. The van der Waals surface area contributed by atoms with Crippen molar-refractivity contribution >= 4 is 10.8 Å². The van der Waals surface area contributed by atoms with Crippen LogP contribution in [-0.4, -0.2) is 4.98 Å². The molecule has 3 aromatic carbocycles. The van der Waals surface area contributed by atoms with E-state index in [1.54, 1.807) is 12.1 Å². The van der Waals surface area contributed by atoms with Crippen LogP contribution in [0, 0.1) is 17.1 Å². The molecule has 0 N–H and O–H groups in total. The first-order chi connectivity index (χ1) is 14.2. The van der Waals surface area contributed by atoms with Crippen LogP contribution in [0.15, 0.2) is 72.9 Å². The van der Waals surface area contributed by atoms with Crippen LogP contribution in [0.2, 0.25) is 0 Å². The number of nitrogens with zero attached hydrogens (tertiary/aromatic N) is 2. The van der Waals surface area contributed by atoms with Crippen molar-refractivity contribution in [2.24, 2.45) is 0 Å². The van der Waals surface area contributed by atoms with Gasteiger partial charge in [0.05, 0.1) is 17.3 Å². The number of rotatable bonds is 5. The largest absolute Gasteiger partial charge is 0.256 e. The molecule has 1 aromatic heterocycles. The van der Waals surface area contributed by atoms with E-state index in [9.17, 15) is 0 Å². The molecule has 0 fully saturated rings. The standard InChI is InChI=1S/C26H21FN2/c1-2-18-8-14-25(29-17-18)23-12-13-24-22(15-23)11-10-21(26(24)27)9-7-19-3-5-20(16-28)6-4-19/h3-6,8,10-15,17H,2,7,9H2,1H3. The quantitative estimate of drug-likeness (QED) is 0.410. The fraction of sp³-hybridized carbons (Fsp3) is 0.154. The molecule has 1 heterocycles. The highest BCUT2D eigenvalue weighted by atomic mass is 19.1. The van der Waals surface area contributed by atoms with Crippen molar-refractivity contribution in [2.75, 3.05) is 0 Å². The van der Waals surface area contributed by atoms with Crippen LogP contribution in [-0.2, 0) is 19.3 Å². The number of hydrogen-bond acceptors (Lipinski definition) is 2. The van der Waals surface area contributed by atoms with E-state index >= 15 is 4.39 Å². The molecule has 0 aliphatic rings. The average molecular weight is 380 g/mol. The van der Waals surface area contributed by atoms with E-state index in [0.717, 1.165) is 35.0 Å². The summed E-state index contributed by atoms with van der Waals surface area (Å²) >= 11 is 0. The van der Waals surface area contributed by atoms with Gasteiger partial charge in [-0.05, 0) is 65.6 Å². The second-order valence-corrected chi connectivity index (χ2v) is 7.19. The van der Waals surface area contributed by atoms with Crippen molar-refractivity contribution in [3.05, 3.63) is 101 Å². The number of halogens is 1. The molecule has 4 aromatic rings. The summed E-state index contributed by atoms with van der Waals surface area (Å²) in [5.74, 6) is -0.156. The van der Waals surface area contributed by atoms with Crippen LogP contribution >= 0.6 is 0 Å². The number of aryl methyl sites for hydroxylation is 3. The summed E-state index contributed by atoms with van der Waals surface area (Å²) in [4.78, 5) is 4.53. The van der Waals surface area contributed by atoms with Gasteiger partial charge in [0, 0.05) is 17.1 Å². The minimum absolute atomic E-state index is 0.156. The van der Waals surface area contributed by atoms with Gasteiger partial charge in [-0.3, -0.25) is 4.98 Å². The highest BCUT2D eigenvalue weighted by Gasteiger charge is 2.09. The fourth-order valence-electron chi connectivity index (χ4n) is 3.52. The number of nitriles is 1. The predicted molar refractivity (Wildman–Crippen MR) is 115 cm³/mol. The van der Waals surface area contributed by atoms with Gasteiger partial charge < -0.3 is 0 Å². The van der Waals surface area contributed by atoms with Gasteiger partial charge in [0.25, 0.3) is 0 Å². The summed E-state index contributed by atoms with van der Waals surface area (Å²) in [7, 11) is 0. The molecule has 142 valence electrons. The van der Waals surface area contributed by atoms with E-state index in [1.165, 1.54) is 5.56 Å². The highest BCUT2D eigenvalue weighted by molar-refractivity contribution is 5.88. The smallest absolute Gasteiger partial charge is 0.134 e. The van der Waals surface area contributed by atoms with E-state index in [-0.39, 0.29) is 5.82 Å². The van der Waals surface area contributed by atoms with E-state index in [1.807, 2.05) is 54.7 Å². The molecule has 4 rings (SSSR count). The number of benzene rings is 3. The molecule has 0 amide bonds. The van der Waals surface area contributed by atoms with Crippen LogP contribution in [0.4, 0.5) is 4.39 Å². The summed E-state index contributed by atoms with van der Waals surface area (Å²) < 4.78 is 15.1. The molecular formula is C26H21FN2. The zero-order valence-electron chi connectivity index (χ0n) is 16.3. The third kappa shape index (κ3) is 4.02. The summed E-state index contributed by atoms with van der Waals surface area (Å²) in [6, 6.07) is 23.3. The molecule has 0 unspecified atom stereocenters. The Morgan fingerprint density at radius 3 is 2.38 bits per heavy atom. The first kappa shape index (κ1) is 18.8. The van der Waals surface area contributed by atoms with Crippen LogP contribution in [0.3, 0.4) is 0 Å². The fourth-order valence-corrected chi connectivity index (χ4v) is 3.52. The molecule has 0 atom stereocenters. The minimum atomic E-state index is -0.156. The van der Waals surface area contributed by atoms with Crippen LogP contribution in [0.5, 0.6) is 0 Å². The zero-order chi connectivity index (χ0) is 20.2. The Bertz CT molecular complexity index is 1190. The van der Waals surface area contributed by atoms with Crippen molar-refractivity contribution in [2.45, 2.75) is 26.2 Å². The van der Waals surface area contributed by atoms with Crippen molar-refractivity contribution in [1.82, 2.24) is 4.98 Å². The lowest BCUT2D eigenvalue weighted by Crippen LogP contribution is -1.96. The molecule has 0 saturated carbocycles. The molecular weight excluding hydrogens is 359 g/mol. The van der Waals surface area contributed by atoms with Crippen LogP contribution in [0.1, 0.15) is 29.2 Å². The van der Waals surface area contributed by atoms with Crippen molar-refractivity contribution in [1.29, 1.82) is 5.26 Å². The van der Waals surface area contributed by atoms with Gasteiger partial charge in [-0.2, -0.15) is 5.26 Å². The number of hydrogen-bond donors (Lipinski definition) is 0. The average Bonchev–Trinajstić information content (AvgIpc) is 2.79. The van der Waals surface area contributed by atoms with Gasteiger partial charge in [0.15, 0.2) is 0 Å². The Morgan fingerprint density at radius 1 is 0.897 bits per heavy atom. The summed E-state index contributed by atoms with van der Waals surface area (Å²) in [6.07, 6.45) is 4.21. The third-order valence-corrected chi connectivity index (χ3v) is 5.33. The van der Waals surface area contributed by atoms with E-state index in [4.69, 9.17) is 5.26 Å². The Morgan fingerprint density at radius 2 is 1.69 bits per heavy atom.